The van der Waals surface area contributed by atoms with Gasteiger partial charge in [0.15, 0.2) is 0 Å². The fraction of sp³-hybridized carbons (Fsp3) is 0.300. The number of thiazole rings is 1. The van der Waals surface area contributed by atoms with E-state index >= 15 is 0 Å². The smallest absolute Gasteiger partial charge is 0.318 e. The van der Waals surface area contributed by atoms with E-state index in [0.717, 1.165) is 41.2 Å². The van der Waals surface area contributed by atoms with Crippen molar-refractivity contribution >= 4 is 27.6 Å². The van der Waals surface area contributed by atoms with Gasteiger partial charge < -0.3 is 15.0 Å². The quantitative estimate of drug-likeness (QED) is 0.746. The summed E-state index contributed by atoms with van der Waals surface area (Å²) in [5, 5.41) is 4.07. The van der Waals surface area contributed by atoms with Crippen molar-refractivity contribution in [1.29, 1.82) is 0 Å². The van der Waals surface area contributed by atoms with E-state index < -0.39 is 0 Å². The molecule has 3 aromatic rings. The monoisotopic (exact) mass is 367 g/mol. The molecule has 1 aliphatic heterocycles. The van der Waals surface area contributed by atoms with Crippen molar-refractivity contribution in [3.05, 3.63) is 59.1 Å². The number of urea groups is 1. The van der Waals surface area contributed by atoms with Crippen LogP contribution in [0.5, 0.6) is 5.75 Å². The molecule has 1 saturated heterocycles. The number of fused-ring (bicyclic) bond motifs is 1. The number of amides is 2. The van der Waals surface area contributed by atoms with E-state index in [1.54, 1.807) is 18.4 Å². The molecule has 0 saturated carbocycles. The minimum absolute atomic E-state index is 0.0254. The molecule has 2 amide bonds. The highest BCUT2D eigenvalue weighted by molar-refractivity contribution is 7.18. The molecule has 0 aliphatic carbocycles. The third-order valence-electron chi connectivity index (χ3n) is 4.71. The molecule has 6 heteroatoms. The lowest BCUT2D eigenvalue weighted by Gasteiger charge is -2.23. The second-order valence-corrected chi connectivity index (χ2v) is 7.44. The van der Waals surface area contributed by atoms with Gasteiger partial charge >= 0.3 is 6.03 Å². The van der Waals surface area contributed by atoms with Crippen LogP contribution in [0.15, 0.2) is 48.5 Å². The number of carbonyl (C=O) groups is 1. The van der Waals surface area contributed by atoms with Crippen LogP contribution >= 0.6 is 11.3 Å². The minimum atomic E-state index is -0.0254. The lowest BCUT2D eigenvalue weighted by Crippen LogP contribution is -2.39. The standard InChI is InChI=1S/C20H21N3O2S/c1-25-15-10-8-14(9-11-15)13-21-20(24)23-12-4-6-17(23)19-22-16-5-2-3-7-18(16)26-19/h2-3,5,7-11,17H,4,6,12-13H2,1H3,(H,21,24)/t17-/m1/s1. The first kappa shape index (κ1) is 16.8. The van der Waals surface area contributed by atoms with Gasteiger partial charge in [0.25, 0.3) is 0 Å². The highest BCUT2D eigenvalue weighted by Gasteiger charge is 2.32. The van der Waals surface area contributed by atoms with Gasteiger partial charge in [0.1, 0.15) is 10.8 Å². The molecule has 0 bridgehead atoms. The summed E-state index contributed by atoms with van der Waals surface area (Å²) >= 11 is 1.69. The van der Waals surface area contributed by atoms with Gasteiger partial charge in [-0.25, -0.2) is 9.78 Å². The maximum Gasteiger partial charge on any atom is 0.318 e. The van der Waals surface area contributed by atoms with Gasteiger partial charge in [-0.3, -0.25) is 0 Å². The molecule has 1 N–H and O–H groups in total. The number of hydrogen-bond donors (Lipinski definition) is 1. The average molecular weight is 367 g/mol. The number of carbonyl (C=O) groups excluding carboxylic acids is 1. The Hall–Kier alpha value is -2.60. The second-order valence-electron chi connectivity index (χ2n) is 6.38. The second kappa shape index (κ2) is 7.33. The van der Waals surface area contributed by atoms with Crippen LogP contribution in [0.3, 0.4) is 0 Å². The van der Waals surface area contributed by atoms with Crippen LogP contribution in [0.1, 0.15) is 29.5 Å². The number of nitrogens with zero attached hydrogens (tertiary/aromatic N) is 2. The summed E-state index contributed by atoms with van der Waals surface area (Å²) in [5.74, 6) is 0.815. The Morgan fingerprint density at radius 1 is 1.27 bits per heavy atom. The number of methoxy groups -OCH3 is 1. The molecule has 1 atom stereocenters. The Morgan fingerprint density at radius 3 is 2.85 bits per heavy atom. The van der Waals surface area contributed by atoms with Crippen molar-refractivity contribution in [2.24, 2.45) is 0 Å². The summed E-state index contributed by atoms with van der Waals surface area (Å²) in [6.07, 6.45) is 1.98. The van der Waals surface area contributed by atoms with Crippen molar-refractivity contribution in [1.82, 2.24) is 15.2 Å². The Bertz CT molecular complexity index is 874. The molecule has 5 nitrogen and oxygen atoms in total. The predicted molar refractivity (Wildman–Crippen MR) is 104 cm³/mol. The van der Waals surface area contributed by atoms with Gasteiger partial charge in [0.2, 0.25) is 0 Å². The van der Waals surface area contributed by atoms with Gasteiger partial charge in [0, 0.05) is 13.1 Å². The van der Waals surface area contributed by atoms with Gasteiger partial charge in [-0.2, -0.15) is 0 Å². The van der Waals surface area contributed by atoms with Crippen LogP contribution in [0, 0.1) is 0 Å². The highest BCUT2D eigenvalue weighted by Crippen LogP contribution is 2.36. The average Bonchev–Trinajstić information content (AvgIpc) is 3.32. The first-order valence-corrected chi connectivity index (χ1v) is 9.59. The van der Waals surface area contributed by atoms with E-state index in [0.29, 0.717) is 6.54 Å². The number of likely N-dealkylation sites (tertiary alicyclic amines) is 1. The number of benzene rings is 2. The third kappa shape index (κ3) is 3.37. The zero-order valence-electron chi connectivity index (χ0n) is 14.6. The molecule has 2 heterocycles. The Balaban J connectivity index is 1.44. The molecule has 4 rings (SSSR count). The number of ether oxygens (including phenoxy) is 1. The fourth-order valence-corrected chi connectivity index (χ4v) is 4.44. The molecule has 1 aromatic heterocycles. The molecule has 2 aromatic carbocycles. The van der Waals surface area contributed by atoms with Crippen LogP contribution in [0.25, 0.3) is 10.2 Å². The van der Waals surface area contributed by atoms with E-state index in [4.69, 9.17) is 9.72 Å². The van der Waals surface area contributed by atoms with Gasteiger partial charge in [-0.15, -0.1) is 11.3 Å². The summed E-state index contributed by atoms with van der Waals surface area (Å²) in [6.45, 7) is 1.28. The lowest BCUT2D eigenvalue weighted by atomic mass is 10.2. The molecule has 0 radical (unpaired) electrons. The molecule has 0 unspecified atom stereocenters. The predicted octanol–water partition coefficient (Wildman–Crippen LogP) is 4.35. The van der Waals surface area contributed by atoms with Crippen molar-refractivity contribution in [2.75, 3.05) is 13.7 Å². The lowest BCUT2D eigenvalue weighted by molar-refractivity contribution is 0.192. The van der Waals surface area contributed by atoms with E-state index in [1.165, 1.54) is 4.70 Å². The zero-order valence-corrected chi connectivity index (χ0v) is 15.5. The number of aromatic nitrogens is 1. The SMILES string of the molecule is COc1ccc(CNC(=O)N2CCC[C@@H]2c2nc3ccccc3s2)cc1. The third-order valence-corrected chi connectivity index (χ3v) is 5.85. The Morgan fingerprint density at radius 2 is 2.08 bits per heavy atom. The van der Waals surface area contributed by atoms with Crippen LogP contribution in [0.4, 0.5) is 4.79 Å². The van der Waals surface area contributed by atoms with E-state index in [-0.39, 0.29) is 12.1 Å². The minimum Gasteiger partial charge on any atom is -0.497 e. The van der Waals surface area contributed by atoms with Gasteiger partial charge in [0.05, 0.1) is 23.4 Å². The molecular formula is C20H21N3O2S. The number of hydrogen-bond acceptors (Lipinski definition) is 4. The van der Waals surface area contributed by atoms with Crippen LogP contribution in [-0.2, 0) is 6.54 Å². The maximum absolute atomic E-state index is 12.7. The summed E-state index contributed by atoms with van der Waals surface area (Å²) in [5.41, 5.74) is 2.06. The van der Waals surface area contributed by atoms with Crippen molar-refractivity contribution in [2.45, 2.75) is 25.4 Å². The van der Waals surface area contributed by atoms with Crippen molar-refractivity contribution in [3.63, 3.8) is 0 Å². The first-order chi connectivity index (χ1) is 12.7. The fourth-order valence-electron chi connectivity index (χ4n) is 3.32. The van der Waals surface area contributed by atoms with Crippen LogP contribution in [-0.4, -0.2) is 29.6 Å². The summed E-state index contributed by atoms with van der Waals surface area (Å²) in [7, 11) is 1.65. The molecule has 1 aliphatic rings. The Labute approximate surface area is 156 Å². The van der Waals surface area contributed by atoms with Crippen LogP contribution in [0.2, 0.25) is 0 Å². The summed E-state index contributed by atoms with van der Waals surface area (Å²) < 4.78 is 6.34. The van der Waals surface area contributed by atoms with E-state index in [9.17, 15) is 4.79 Å². The number of rotatable bonds is 4. The van der Waals surface area contributed by atoms with Crippen molar-refractivity contribution in [3.8, 4) is 5.75 Å². The van der Waals surface area contributed by atoms with Crippen LogP contribution < -0.4 is 10.1 Å². The molecular weight excluding hydrogens is 346 g/mol. The van der Waals surface area contributed by atoms with Crippen molar-refractivity contribution < 1.29 is 9.53 Å². The maximum atomic E-state index is 12.7. The topological polar surface area (TPSA) is 54.5 Å². The molecule has 134 valence electrons. The number of para-hydroxylation sites is 1. The van der Waals surface area contributed by atoms with Gasteiger partial charge in [-0.05, 0) is 42.7 Å². The zero-order chi connectivity index (χ0) is 17.9. The molecule has 0 spiro atoms. The molecule has 26 heavy (non-hydrogen) atoms. The van der Waals surface area contributed by atoms with E-state index in [2.05, 4.69) is 11.4 Å². The number of nitrogens with one attached hydrogen (secondary N) is 1. The Kier molecular flexibility index (Phi) is 4.75. The summed E-state index contributed by atoms with van der Waals surface area (Å²) in [6, 6.07) is 15.9. The normalized spacial score (nSPS) is 16.8. The molecule has 1 fully saturated rings. The van der Waals surface area contributed by atoms with Gasteiger partial charge in [-0.1, -0.05) is 24.3 Å². The largest absolute Gasteiger partial charge is 0.497 e. The first-order valence-electron chi connectivity index (χ1n) is 8.77. The summed E-state index contributed by atoms with van der Waals surface area (Å²) in [4.78, 5) is 19.4. The van der Waals surface area contributed by atoms with E-state index in [1.807, 2.05) is 47.4 Å². The highest BCUT2D eigenvalue weighted by atomic mass is 32.1.